The van der Waals surface area contributed by atoms with Gasteiger partial charge in [0, 0.05) is 22.7 Å². The lowest BCUT2D eigenvalue weighted by Gasteiger charge is -1.99. The molecule has 0 N–H and O–H groups in total. The van der Waals surface area contributed by atoms with Gasteiger partial charge in [-0.3, -0.25) is 4.98 Å². The van der Waals surface area contributed by atoms with Crippen LogP contribution >= 0.6 is 11.3 Å². The first-order valence-corrected chi connectivity index (χ1v) is 9.77. The van der Waals surface area contributed by atoms with E-state index in [0.717, 1.165) is 48.4 Å². The van der Waals surface area contributed by atoms with Gasteiger partial charge in [-0.25, -0.2) is 9.97 Å². The van der Waals surface area contributed by atoms with E-state index >= 15 is 0 Å². The number of aromatic nitrogens is 3. The molecule has 0 saturated carbocycles. The maximum atomic E-state index is 5.91. The lowest BCUT2D eigenvalue weighted by Crippen LogP contribution is -1.80. The monoisotopic (exact) mass is 379 g/mol. The molecular weight excluding hydrogens is 366 g/mol. The van der Waals surface area contributed by atoms with Crippen LogP contribution in [-0.2, 0) is 0 Å². The first kappa shape index (κ1) is 15.5. The van der Waals surface area contributed by atoms with Crippen molar-refractivity contribution < 1.29 is 4.42 Å². The van der Waals surface area contributed by atoms with E-state index in [2.05, 4.69) is 40.3 Å². The molecule has 0 aliphatic carbocycles. The van der Waals surface area contributed by atoms with Crippen LogP contribution in [0.4, 0.5) is 0 Å². The van der Waals surface area contributed by atoms with E-state index in [4.69, 9.17) is 9.40 Å². The summed E-state index contributed by atoms with van der Waals surface area (Å²) in [4.78, 5) is 13.9. The molecule has 6 aromatic rings. The molecule has 28 heavy (non-hydrogen) atoms. The number of para-hydroxylation sites is 2. The van der Waals surface area contributed by atoms with Crippen LogP contribution in [0.5, 0.6) is 0 Å². The van der Waals surface area contributed by atoms with Crippen molar-refractivity contribution in [1.82, 2.24) is 15.0 Å². The lowest BCUT2D eigenvalue weighted by atomic mass is 10.1. The molecule has 0 aliphatic rings. The Kier molecular flexibility index (Phi) is 3.30. The summed E-state index contributed by atoms with van der Waals surface area (Å²) in [6.07, 6.45) is 1.82. The molecule has 0 aliphatic heterocycles. The van der Waals surface area contributed by atoms with Gasteiger partial charge in [-0.15, -0.1) is 11.3 Å². The van der Waals surface area contributed by atoms with Crippen LogP contribution in [0, 0.1) is 0 Å². The third-order valence-corrected chi connectivity index (χ3v) is 5.85. The molecule has 132 valence electrons. The summed E-state index contributed by atoms with van der Waals surface area (Å²) >= 11 is 1.67. The first-order chi connectivity index (χ1) is 13.8. The second-order valence-electron chi connectivity index (χ2n) is 6.60. The molecule has 3 aromatic heterocycles. The summed E-state index contributed by atoms with van der Waals surface area (Å²) < 4.78 is 7.01. The molecule has 4 nitrogen and oxygen atoms in total. The van der Waals surface area contributed by atoms with E-state index in [-0.39, 0.29) is 0 Å². The minimum absolute atomic E-state index is 0.632. The average Bonchev–Trinajstić information content (AvgIpc) is 3.37. The number of oxazole rings is 1. The number of thiazole rings is 1. The Morgan fingerprint density at radius 3 is 2.61 bits per heavy atom. The molecule has 0 amide bonds. The molecule has 3 aromatic carbocycles. The van der Waals surface area contributed by atoms with E-state index in [1.165, 1.54) is 0 Å². The second-order valence-corrected chi connectivity index (χ2v) is 7.63. The van der Waals surface area contributed by atoms with E-state index < -0.39 is 0 Å². The zero-order valence-corrected chi connectivity index (χ0v) is 15.5. The molecule has 6 rings (SSSR count). The minimum atomic E-state index is 0.632. The van der Waals surface area contributed by atoms with Crippen molar-refractivity contribution in [3.8, 4) is 22.0 Å². The van der Waals surface area contributed by atoms with Gasteiger partial charge in [0.25, 0.3) is 0 Å². The van der Waals surface area contributed by atoms with Crippen LogP contribution < -0.4 is 0 Å². The predicted molar refractivity (Wildman–Crippen MR) is 113 cm³/mol. The van der Waals surface area contributed by atoms with Crippen molar-refractivity contribution in [3.05, 3.63) is 79.0 Å². The Morgan fingerprint density at radius 1 is 0.714 bits per heavy atom. The van der Waals surface area contributed by atoms with Crippen molar-refractivity contribution in [1.29, 1.82) is 0 Å². The van der Waals surface area contributed by atoms with Gasteiger partial charge < -0.3 is 4.42 Å². The highest BCUT2D eigenvalue weighted by molar-refractivity contribution is 7.21. The fourth-order valence-electron chi connectivity index (χ4n) is 3.38. The van der Waals surface area contributed by atoms with Gasteiger partial charge in [-0.2, -0.15) is 0 Å². The number of rotatable bonds is 2. The summed E-state index contributed by atoms with van der Waals surface area (Å²) in [7, 11) is 0. The quantitative estimate of drug-likeness (QED) is 0.353. The Balaban J connectivity index is 1.45. The van der Waals surface area contributed by atoms with Gasteiger partial charge in [0.15, 0.2) is 5.58 Å². The molecule has 0 spiro atoms. The summed E-state index contributed by atoms with van der Waals surface area (Å²) in [6.45, 7) is 0. The zero-order valence-electron chi connectivity index (χ0n) is 14.7. The molecule has 3 heterocycles. The van der Waals surface area contributed by atoms with Crippen molar-refractivity contribution >= 4 is 43.6 Å². The maximum Gasteiger partial charge on any atom is 0.227 e. The highest BCUT2D eigenvalue weighted by Gasteiger charge is 2.12. The average molecular weight is 379 g/mol. The highest BCUT2D eigenvalue weighted by atomic mass is 32.1. The number of pyridine rings is 1. The third kappa shape index (κ3) is 2.48. The van der Waals surface area contributed by atoms with Gasteiger partial charge in [-0.1, -0.05) is 30.3 Å². The van der Waals surface area contributed by atoms with E-state index in [9.17, 15) is 0 Å². The Hall–Kier alpha value is -3.57. The van der Waals surface area contributed by atoms with Gasteiger partial charge in [0.1, 0.15) is 10.5 Å². The highest BCUT2D eigenvalue weighted by Crippen LogP contribution is 2.34. The summed E-state index contributed by atoms with van der Waals surface area (Å²) in [6, 6.07) is 24.2. The molecule has 0 unspecified atom stereocenters. The van der Waals surface area contributed by atoms with E-state index in [1.807, 2.05) is 48.7 Å². The zero-order chi connectivity index (χ0) is 18.5. The summed E-state index contributed by atoms with van der Waals surface area (Å²) in [5.74, 6) is 0.632. The summed E-state index contributed by atoms with van der Waals surface area (Å²) in [5, 5.41) is 2.11. The van der Waals surface area contributed by atoms with Crippen molar-refractivity contribution in [2.24, 2.45) is 0 Å². The second kappa shape index (κ2) is 5.97. The topological polar surface area (TPSA) is 51.8 Å². The van der Waals surface area contributed by atoms with Crippen molar-refractivity contribution in [2.75, 3.05) is 0 Å². The normalized spacial score (nSPS) is 11.6. The van der Waals surface area contributed by atoms with E-state index in [1.54, 1.807) is 11.3 Å². The van der Waals surface area contributed by atoms with Gasteiger partial charge in [0.2, 0.25) is 5.89 Å². The standard InChI is InChI=1S/C23H13N3OS/c1-2-6-20-17(5-1)25-22(27-20)15-9-10-18-21(13-15)28-23(26-18)16-8-7-14-4-3-11-24-19(14)12-16/h1-13H. The van der Waals surface area contributed by atoms with Crippen LogP contribution in [0.2, 0.25) is 0 Å². The van der Waals surface area contributed by atoms with Crippen LogP contribution in [0.15, 0.2) is 83.4 Å². The lowest BCUT2D eigenvalue weighted by molar-refractivity contribution is 0.620. The van der Waals surface area contributed by atoms with Gasteiger partial charge in [0.05, 0.1) is 15.7 Å². The number of fused-ring (bicyclic) bond motifs is 3. The fourth-order valence-corrected chi connectivity index (χ4v) is 4.38. The Labute approximate surface area is 164 Å². The Morgan fingerprint density at radius 2 is 1.64 bits per heavy atom. The molecule has 0 fully saturated rings. The van der Waals surface area contributed by atoms with Gasteiger partial charge in [-0.05, 0) is 42.5 Å². The Bertz CT molecular complexity index is 1450. The molecule has 0 saturated heterocycles. The summed E-state index contributed by atoms with van der Waals surface area (Å²) in [5.41, 5.74) is 5.65. The first-order valence-electron chi connectivity index (χ1n) is 8.95. The van der Waals surface area contributed by atoms with Gasteiger partial charge >= 0.3 is 0 Å². The van der Waals surface area contributed by atoms with Crippen molar-refractivity contribution in [2.45, 2.75) is 0 Å². The number of hydrogen-bond donors (Lipinski definition) is 0. The number of benzene rings is 3. The fraction of sp³-hybridized carbons (Fsp3) is 0. The van der Waals surface area contributed by atoms with Crippen LogP contribution in [0.3, 0.4) is 0 Å². The SMILES string of the molecule is c1cnc2cc(-c3nc4ccc(-c5nc6ccccc6o5)cc4s3)ccc2c1. The minimum Gasteiger partial charge on any atom is -0.436 e. The largest absolute Gasteiger partial charge is 0.436 e. The van der Waals surface area contributed by atoms with Crippen molar-refractivity contribution in [3.63, 3.8) is 0 Å². The number of hydrogen-bond acceptors (Lipinski definition) is 5. The molecule has 0 bridgehead atoms. The molecule has 0 radical (unpaired) electrons. The van der Waals surface area contributed by atoms with Crippen LogP contribution in [0.1, 0.15) is 0 Å². The maximum absolute atomic E-state index is 5.91. The smallest absolute Gasteiger partial charge is 0.227 e. The molecule has 0 atom stereocenters. The third-order valence-electron chi connectivity index (χ3n) is 4.78. The number of nitrogens with zero attached hydrogens (tertiary/aromatic N) is 3. The van der Waals surface area contributed by atoms with Crippen LogP contribution in [-0.4, -0.2) is 15.0 Å². The van der Waals surface area contributed by atoms with E-state index in [0.29, 0.717) is 5.89 Å². The molecule has 5 heteroatoms. The predicted octanol–water partition coefficient (Wildman–Crippen LogP) is 6.32. The van der Waals surface area contributed by atoms with Crippen LogP contribution in [0.25, 0.3) is 54.2 Å². The molecular formula is C23H13N3OS.